The first-order valence-corrected chi connectivity index (χ1v) is 12.0. The molecule has 7 heteroatoms. The molecule has 0 aliphatic carbocycles. The molecule has 33 heavy (non-hydrogen) atoms. The van der Waals surface area contributed by atoms with Crippen LogP contribution in [0.1, 0.15) is 42.5 Å². The van der Waals surface area contributed by atoms with Crippen molar-refractivity contribution in [3.8, 4) is 11.3 Å². The zero-order valence-electron chi connectivity index (χ0n) is 19.2. The van der Waals surface area contributed by atoms with Crippen molar-refractivity contribution in [3.05, 3.63) is 54.2 Å². The molecule has 0 radical (unpaired) electrons. The van der Waals surface area contributed by atoms with Gasteiger partial charge in [-0.3, -0.25) is 9.59 Å². The molecule has 0 unspecified atom stereocenters. The summed E-state index contributed by atoms with van der Waals surface area (Å²) in [4.78, 5) is 29.9. The van der Waals surface area contributed by atoms with Crippen LogP contribution in [0.4, 0.5) is 5.69 Å². The number of hydrogen-bond donors (Lipinski definition) is 1. The first kappa shape index (κ1) is 21.6. The van der Waals surface area contributed by atoms with Crippen molar-refractivity contribution >= 4 is 23.0 Å². The topological polar surface area (TPSA) is 70.0 Å². The molecule has 4 heterocycles. The van der Waals surface area contributed by atoms with E-state index < -0.39 is 0 Å². The highest BCUT2D eigenvalue weighted by atomic mass is 16.2. The Labute approximate surface area is 194 Å². The third-order valence-corrected chi connectivity index (χ3v) is 6.95. The Morgan fingerprint density at radius 2 is 1.67 bits per heavy atom. The Balaban J connectivity index is 1.33. The molecule has 2 fully saturated rings. The van der Waals surface area contributed by atoms with Gasteiger partial charge in [-0.25, -0.2) is 4.52 Å². The van der Waals surface area contributed by atoms with Crippen LogP contribution in [-0.2, 0) is 4.79 Å². The van der Waals surface area contributed by atoms with Gasteiger partial charge in [0.05, 0.1) is 23.0 Å². The molecule has 2 aromatic heterocycles. The second kappa shape index (κ2) is 9.35. The maximum Gasteiger partial charge on any atom is 0.257 e. The first-order valence-electron chi connectivity index (χ1n) is 12.0. The highest BCUT2D eigenvalue weighted by Crippen LogP contribution is 2.26. The van der Waals surface area contributed by atoms with Crippen LogP contribution >= 0.6 is 0 Å². The van der Waals surface area contributed by atoms with Gasteiger partial charge in [-0.05, 0) is 76.5 Å². The minimum absolute atomic E-state index is 0.0637. The molecule has 5 rings (SSSR count). The number of fused-ring (bicyclic) bond motifs is 1. The quantitative estimate of drug-likeness (QED) is 0.661. The zero-order chi connectivity index (χ0) is 22.8. The largest absolute Gasteiger partial charge is 0.339 e. The molecule has 2 aliphatic heterocycles. The molecular weight excluding hydrogens is 414 g/mol. The van der Waals surface area contributed by atoms with E-state index in [0.717, 1.165) is 74.3 Å². The number of pyridine rings is 1. The Morgan fingerprint density at radius 3 is 2.39 bits per heavy atom. The maximum absolute atomic E-state index is 13.0. The number of nitrogens with one attached hydrogen (secondary N) is 1. The van der Waals surface area contributed by atoms with Gasteiger partial charge in [-0.2, -0.15) is 5.10 Å². The van der Waals surface area contributed by atoms with Gasteiger partial charge in [0.2, 0.25) is 5.91 Å². The number of aromatic nitrogens is 2. The van der Waals surface area contributed by atoms with Crippen LogP contribution in [0.5, 0.6) is 0 Å². The van der Waals surface area contributed by atoms with Gasteiger partial charge in [-0.1, -0.05) is 18.2 Å². The van der Waals surface area contributed by atoms with Gasteiger partial charge < -0.3 is 15.1 Å². The number of hydrogen-bond acceptors (Lipinski definition) is 4. The molecular formula is C26H31N5O2. The maximum atomic E-state index is 13.0. The van der Waals surface area contributed by atoms with E-state index in [0.29, 0.717) is 5.56 Å². The highest BCUT2D eigenvalue weighted by molar-refractivity contribution is 6.01. The summed E-state index contributed by atoms with van der Waals surface area (Å²) >= 11 is 0. The molecule has 0 bridgehead atoms. The summed E-state index contributed by atoms with van der Waals surface area (Å²) in [6, 6.07) is 13.8. The van der Waals surface area contributed by atoms with Crippen molar-refractivity contribution in [2.75, 3.05) is 38.5 Å². The summed E-state index contributed by atoms with van der Waals surface area (Å²) in [6.07, 6.45) is 6.82. The van der Waals surface area contributed by atoms with E-state index in [4.69, 9.17) is 0 Å². The number of benzene rings is 1. The van der Waals surface area contributed by atoms with E-state index in [9.17, 15) is 9.59 Å². The summed E-state index contributed by atoms with van der Waals surface area (Å²) in [6.45, 7) is 3.57. The van der Waals surface area contributed by atoms with Crippen LogP contribution in [0, 0.1) is 5.92 Å². The number of likely N-dealkylation sites (tertiary alicyclic amines) is 2. The number of rotatable bonds is 4. The van der Waals surface area contributed by atoms with Crippen molar-refractivity contribution in [1.82, 2.24) is 19.4 Å². The lowest BCUT2D eigenvalue weighted by atomic mass is 9.96. The lowest BCUT2D eigenvalue weighted by molar-refractivity contribution is -0.121. The van der Waals surface area contributed by atoms with Crippen LogP contribution in [0.3, 0.4) is 0 Å². The lowest BCUT2D eigenvalue weighted by Gasteiger charge is -2.28. The monoisotopic (exact) mass is 445 g/mol. The third kappa shape index (κ3) is 4.50. The minimum atomic E-state index is 0.0637. The summed E-state index contributed by atoms with van der Waals surface area (Å²) in [5.74, 6) is 0.245. The smallest absolute Gasteiger partial charge is 0.257 e. The second-order valence-electron chi connectivity index (χ2n) is 9.26. The van der Waals surface area contributed by atoms with E-state index in [1.807, 2.05) is 51.9 Å². The van der Waals surface area contributed by atoms with Crippen LogP contribution in [0.2, 0.25) is 0 Å². The fourth-order valence-electron chi connectivity index (χ4n) is 4.90. The Bertz CT molecular complexity index is 1140. The van der Waals surface area contributed by atoms with Crippen LogP contribution in [0.15, 0.2) is 48.7 Å². The molecule has 7 nitrogen and oxygen atoms in total. The van der Waals surface area contributed by atoms with E-state index in [-0.39, 0.29) is 17.7 Å². The highest BCUT2D eigenvalue weighted by Gasteiger charge is 2.24. The summed E-state index contributed by atoms with van der Waals surface area (Å²) in [5, 5.41) is 7.61. The Hall–Kier alpha value is -3.19. The fourth-order valence-corrected chi connectivity index (χ4v) is 4.90. The predicted molar refractivity (Wildman–Crippen MR) is 129 cm³/mol. The number of amides is 2. The van der Waals surface area contributed by atoms with Crippen LogP contribution in [0.25, 0.3) is 16.8 Å². The van der Waals surface area contributed by atoms with E-state index in [2.05, 4.69) is 22.4 Å². The van der Waals surface area contributed by atoms with Crippen molar-refractivity contribution in [1.29, 1.82) is 0 Å². The SMILES string of the molecule is CN1CCC(C(=O)Nc2ccc(-c3cccc4c(C(=O)N5CCCCC5)cnn34)cc2)CC1. The number of anilines is 1. The van der Waals surface area contributed by atoms with Gasteiger partial charge in [0, 0.05) is 30.3 Å². The molecule has 2 aliphatic rings. The van der Waals surface area contributed by atoms with Crippen LogP contribution in [-0.4, -0.2) is 64.5 Å². The van der Waals surface area contributed by atoms with Gasteiger partial charge in [0.25, 0.3) is 5.91 Å². The van der Waals surface area contributed by atoms with Crippen molar-refractivity contribution in [3.63, 3.8) is 0 Å². The molecule has 1 N–H and O–H groups in total. The number of carbonyl (C=O) groups is 2. The minimum Gasteiger partial charge on any atom is -0.339 e. The number of carbonyl (C=O) groups excluding carboxylic acids is 2. The van der Waals surface area contributed by atoms with Gasteiger partial charge >= 0.3 is 0 Å². The first-order chi connectivity index (χ1) is 16.1. The van der Waals surface area contributed by atoms with Crippen LogP contribution < -0.4 is 5.32 Å². The van der Waals surface area contributed by atoms with Gasteiger partial charge in [0.1, 0.15) is 0 Å². The van der Waals surface area contributed by atoms with Crippen molar-refractivity contribution < 1.29 is 9.59 Å². The summed E-state index contributed by atoms with van der Waals surface area (Å²) in [5.41, 5.74) is 4.18. The normalized spacial score (nSPS) is 17.9. The average molecular weight is 446 g/mol. The molecule has 1 aromatic carbocycles. The van der Waals surface area contributed by atoms with E-state index >= 15 is 0 Å². The Morgan fingerprint density at radius 1 is 0.939 bits per heavy atom. The third-order valence-electron chi connectivity index (χ3n) is 6.95. The number of piperidine rings is 2. The number of nitrogens with zero attached hydrogens (tertiary/aromatic N) is 4. The molecule has 2 amide bonds. The van der Waals surface area contributed by atoms with Crippen molar-refractivity contribution in [2.45, 2.75) is 32.1 Å². The molecule has 0 saturated carbocycles. The summed E-state index contributed by atoms with van der Waals surface area (Å²) < 4.78 is 1.84. The zero-order valence-corrected chi connectivity index (χ0v) is 19.2. The molecule has 0 atom stereocenters. The fraction of sp³-hybridized carbons (Fsp3) is 0.423. The van der Waals surface area contributed by atoms with E-state index in [1.54, 1.807) is 6.20 Å². The molecule has 2 saturated heterocycles. The predicted octanol–water partition coefficient (Wildman–Crippen LogP) is 3.91. The van der Waals surface area contributed by atoms with E-state index in [1.165, 1.54) is 6.42 Å². The van der Waals surface area contributed by atoms with Gasteiger partial charge in [0.15, 0.2) is 0 Å². The van der Waals surface area contributed by atoms with Crippen molar-refractivity contribution in [2.24, 2.45) is 5.92 Å². The van der Waals surface area contributed by atoms with Gasteiger partial charge in [-0.15, -0.1) is 0 Å². The molecule has 172 valence electrons. The molecule has 0 spiro atoms. The lowest BCUT2D eigenvalue weighted by Crippen LogP contribution is -2.35. The summed E-state index contributed by atoms with van der Waals surface area (Å²) in [7, 11) is 2.10. The standard InChI is InChI=1S/C26H31N5O2/c1-29-16-12-20(13-17-29)25(32)28-21-10-8-19(9-11-21)23-6-5-7-24-22(18-27-31(23)24)26(33)30-14-3-2-4-15-30/h5-11,18,20H,2-4,12-17H2,1H3,(H,28,32). The Kier molecular flexibility index (Phi) is 6.13. The average Bonchev–Trinajstić information content (AvgIpc) is 3.29. The second-order valence-corrected chi connectivity index (χ2v) is 9.26. The molecule has 3 aromatic rings.